The van der Waals surface area contributed by atoms with Crippen LogP contribution in [0.4, 0.5) is 14.5 Å². The van der Waals surface area contributed by atoms with Gasteiger partial charge in [-0.3, -0.25) is 4.79 Å². The maximum Gasteiger partial charge on any atom is 0.339 e. The van der Waals surface area contributed by atoms with Crippen LogP contribution in [0, 0.1) is 11.6 Å². The number of fused-ring (bicyclic) bond motifs is 1. The van der Waals surface area contributed by atoms with Crippen LogP contribution in [0.25, 0.3) is 21.4 Å². The molecule has 0 spiro atoms. The Morgan fingerprint density at radius 3 is 2.21 bits per heavy atom. The van der Waals surface area contributed by atoms with Crippen molar-refractivity contribution >= 4 is 39.9 Å². The highest BCUT2D eigenvalue weighted by Crippen LogP contribution is 2.40. The Bertz CT molecular complexity index is 1240. The van der Waals surface area contributed by atoms with Crippen LogP contribution in [-0.4, -0.2) is 24.1 Å². The maximum absolute atomic E-state index is 14.5. The van der Waals surface area contributed by atoms with Crippen molar-refractivity contribution < 1.29 is 32.6 Å². The van der Waals surface area contributed by atoms with Gasteiger partial charge in [0.2, 0.25) is 0 Å². The first-order valence-corrected chi connectivity index (χ1v) is 11.4. The Kier molecular flexibility index (Phi) is 9.32. The van der Waals surface area contributed by atoms with Gasteiger partial charge in [0.1, 0.15) is 28.5 Å². The van der Waals surface area contributed by atoms with E-state index >= 15 is 0 Å². The summed E-state index contributed by atoms with van der Waals surface area (Å²) >= 11 is 0.795. The van der Waals surface area contributed by atoms with Crippen molar-refractivity contribution in [3.8, 4) is 16.2 Å². The number of nitrogens with one attached hydrogen (secondary N) is 1. The summed E-state index contributed by atoms with van der Waals surface area (Å²) < 4.78 is 39.2. The summed E-state index contributed by atoms with van der Waals surface area (Å²) in [5, 5.41) is 14.1. The van der Waals surface area contributed by atoms with Crippen molar-refractivity contribution in [3.63, 3.8) is 0 Å². The molecule has 180 valence electrons. The number of carbonyl (C=O) groups is 2. The minimum atomic E-state index is -1.44. The number of carboxylic acids is 1. The van der Waals surface area contributed by atoms with Crippen molar-refractivity contribution in [2.24, 2.45) is 0 Å². The van der Waals surface area contributed by atoms with Crippen molar-refractivity contribution in [1.29, 1.82) is 0 Å². The first-order chi connectivity index (χ1) is 16.4. The van der Waals surface area contributed by atoms with Gasteiger partial charge in [-0.15, -0.1) is 11.3 Å². The number of anilines is 1. The van der Waals surface area contributed by atoms with E-state index in [1.54, 1.807) is 24.3 Å². The molecule has 2 N–H and O–H groups in total. The molecule has 0 saturated carbocycles. The number of carboxylic acid groups (broad SMARTS) is 1. The highest BCUT2D eigenvalue weighted by Gasteiger charge is 2.26. The first-order valence-electron chi connectivity index (χ1n) is 10.6. The number of aromatic carboxylic acids is 1. The van der Waals surface area contributed by atoms with Crippen LogP contribution in [0.15, 0.2) is 52.3 Å². The summed E-state index contributed by atoms with van der Waals surface area (Å²) in [6.45, 7) is 8.00. The third-order valence-corrected chi connectivity index (χ3v) is 5.38. The second-order valence-corrected chi connectivity index (χ2v) is 7.11. The molecule has 6 nitrogen and oxygen atoms in total. The number of thiophene rings is 1. The normalized spacial score (nSPS) is 9.97. The lowest BCUT2D eigenvalue weighted by Crippen LogP contribution is -2.13. The number of hydrogen-bond acceptors (Lipinski definition) is 5. The predicted octanol–water partition coefficient (Wildman–Crippen LogP) is 7.45. The van der Waals surface area contributed by atoms with E-state index in [4.69, 9.17) is 9.15 Å². The fraction of sp³-hybridized carbons (Fsp3) is 0.200. The highest BCUT2D eigenvalue weighted by atomic mass is 32.1. The van der Waals surface area contributed by atoms with E-state index in [1.165, 1.54) is 18.6 Å². The SMILES string of the molecule is CC.CC.COc1cc(F)c(-c2scc(NC(=O)c3cc4ccccc4o3)c2C(=O)O)c(F)c1. The zero-order valence-corrected chi connectivity index (χ0v) is 20.2. The Morgan fingerprint density at radius 1 is 1.03 bits per heavy atom. The van der Waals surface area contributed by atoms with Gasteiger partial charge in [-0.2, -0.15) is 0 Å². The smallest absolute Gasteiger partial charge is 0.339 e. The Labute approximate surface area is 199 Å². The number of methoxy groups -OCH3 is 1. The fourth-order valence-corrected chi connectivity index (χ4v) is 4.05. The van der Waals surface area contributed by atoms with E-state index in [0.717, 1.165) is 23.5 Å². The topological polar surface area (TPSA) is 88.8 Å². The molecular weight excluding hydrogens is 464 g/mol. The lowest BCUT2D eigenvalue weighted by molar-refractivity contribution is 0.0699. The molecule has 4 aromatic rings. The average molecular weight is 490 g/mol. The lowest BCUT2D eigenvalue weighted by atomic mass is 10.1. The van der Waals surface area contributed by atoms with Crippen molar-refractivity contribution in [3.05, 3.63) is 70.8 Å². The molecule has 0 fully saturated rings. The van der Waals surface area contributed by atoms with Crippen LogP contribution in [0.1, 0.15) is 48.6 Å². The lowest BCUT2D eigenvalue weighted by Gasteiger charge is -2.08. The standard InChI is InChI=1S/C21H13F2NO5S.2C2H6/c1-28-11-7-12(22)17(13(23)8-11)19-18(21(26)27)14(9-30-19)24-20(25)16-6-10-4-2-3-5-15(10)29-16;2*1-2/h2-9H,1H3,(H,24,25)(H,26,27);2*1-2H3. The second-order valence-electron chi connectivity index (χ2n) is 6.23. The molecule has 2 aromatic heterocycles. The number of ether oxygens (including phenoxy) is 1. The summed E-state index contributed by atoms with van der Waals surface area (Å²) in [6.07, 6.45) is 0. The number of carbonyl (C=O) groups excluding carboxylic acids is 1. The summed E-state index contributed by atoms with van der Waals surface area (Å²) in [5.41, 5.74) is -0.535. The van der Waals surface area contributed by atoms with Crippen molar-refractivity contribution in [1.82, 2.24) is 0 Å². The zero-order valence-electron chi connectivity index (χ0n) is 19.4. The van der Waals surface area contributed by atoms with Crippen molar-refractivity contribution in [2.75, 3.05) is 12.4 Å². The second kappa shape index (κ2) is 11.9. The minimum Gasteiger partial charge on any atom is -0.497 e. The third kappa shape index (κ3) is 5.43. The largest absolute Gasteiger partial charge is 0.497 e. The average Bonchev–Trinajstić information content (AvgIpc) is 3.45. The molecule has 0 aliphatic rings. The number of amides is 1. The van der Waals surface area contributed by atoms with Gasteiger partial charge in [0.15, 0.2) is 5.76 Å². The summed E-state index contributed by atoms with van der Waals surface area (Å²) in [5.74, 6) is -4.16. The van der Waals surface area contributed by atoms with E-state index in [2.05, 4.69) is 5.32 Å². The molecular formula is C25H25F2NO5S. The number of furan rings is 1. The van der Waals surface area contributed by atoms with Gasteiger partial charge in [-0.1, -0.05) is 45.9 Å². The molecule has 0 saturated heterocycles. The van der Waals surface area contributed by atoms with E-state index in [0.29, 0.717) is 11.0 Å². The van der Waals surface area contributed by atoms with Gasteiger partial charge in [0.25, 0.3) is 5.91 Å². The Morgan fingerprint density at radius 2 is 1.65 bits per heavy atom. The molecule has 0 bridgehead atoms. The fourth-order valence-electron chi connectivity index (χ4n) is 3.01. The molecule has 4 rings (SSSR count). The van der Waals surface area contributed by atoms with Gasteiger partial charge < -0.3 is 19.6 Å². The first kappa shape index (κ1) is 26.5. The third-order valence-electron chi connectivity index (χ3n) is 4.38. The molecule has 1 amide bonds. The number of halogens is 2. The molecule has 0 atom stereocenters. The molecule has 0 aliphatic carbocycles. The number of hydrogen-bond donors (Lipinski definition) is 2. The Hall–Kier alpha value is -3.72. The van der Waals surface area contributed by atoms with Crippen LogP contribution in [0.5, 0.6) is 5.75 Å². The van der Waals surface area contributed by atoms with Crippen LogP contribution < -0.4 is 10.1 Å². The molecule has 0 unspecified atom stereocenters. The monoisotopic (exact) mass is 489 g/mol. The number of rotatable bonds is 5. The molecule has 2 aromatic carbocycles. The van der Waals surface area contributed by atoms with E-state index in [-0.39, 0.29) is 22.1 Å². The molecule has 9 heteroatoms. The minimum absolute atomic E-state index is 0.0258. The van der Waals surface area contributed by atoms with Crippen LogP contribution in [0.3, 0.4) is 0 Å². The number of benzene rings is 2. The quantitative estimate of drug-likeness (QED) is 0.304. The predicted molar refractivity (Wildman–Crippen MR) is 130 cm³/mol. The zero-order chi connectivity index (χ0) is 25.4. The van der Waals surface area contributed by atoms with Gasteiger partial charge >= 0.3 is 5.97 Å². The summed E-state index contributed by atoms with van der Waals surface area (Å²) in [7, 11) is 1.26. The molecule has 0 radical (unpaired) electrons. The van der Waals surface area contributed by atoms with Crippen LogP contribution in [-0.2, 0) is 0 Å². The molecule has 2 heterocycles. The van der Waals surface area contributed by atoms with Crippen LogP contribution in [0.2, 0.25) is 0 Å². The Balaban J connectivity index is 0.000000970. The van der Waals surface area contributed by atoms with Gasteiger partial charge in [0, 0.05) is 22.9 Å². The molecule has 0 aliphatic heterocycles. The van der Waals surface area contributed by atoms with Gasteiger partial charge in [-0.05, 0) is 12.1 Å². The maximum atomic E-state index is 14.5. The van der Waals surface area contributed by atoms with Crippen LogP contribution >= 0.6 is 11.3 Å². The van der Waals surface area contributed by atoms with Gasteiger partial charge in [-0.25, -0.2) is 13.6 Å². The molecule has 34 heavy (non-hydrogen) atoms. The van der Waals surface area contributed by atoms with E-state index < -0.39 is 34.6 Å². The highest BCUT2D eigenvalue weighted by molar-refractivity contribution is 7.14. The van der Waals surface area contributed by atoms with Gasteiger partial charge in [0.05, 0.1) is 23.2 Å². The summed E-state index contributed by atoms with van der Waals surface area (Å²) in [6, 6.07) is 10.4. The number of para-hydroxylation sites is 1. The van der Waals surface area contributed by atoms with E-state index in [9.17, 15) is 23.5 Å². The van der Waals surface area contributed by atoms with Crippen molar-refractivity contribution in [2.45, 2.75) is 27.7 Å². The summed E-state index contributed by atoms with van der Waals surface area (Å²) in [4.78, 5) is 24.2. The van der Waals surface area contributed by atoms with E-state index in [1.807, 2.05) is 27.7 Å².